The van der Waals surface area contributed by atoms with Crippen molar-refractivity contribution < 1.29 is 4.74 Å². The molecule has 0 aromatic heterocycles. The highest BCUT2D eigenvalue weighted by Crippen LogP contribution is 2.11. The van der Waals surface area contributed by atoms with E-state index in [0.29, 0.717) is 6.04 Å². The van der Waals surface area contributed by atoms with Crippen molar-refractivity contribution in [1.29, 1.82) is 0 Å². The zero-order valence-electron chi connectivity index (χ0n) is 15.8. The molecule has 0 bridgehead atoms. The maximum absolute atomic E-state index is 5.55. The molecule has 0 aromatic carbocycles. The average Bonchev–Trinajstić information content (AvgIpc) is 2.52. The van der Waals surface area contributed by atoms with Crippen molar-refractivity contribution >= 4 is 0 Å². The standard InChI is InChI=1S/C20H43NO/c1-4-6-7-8-9-10-11-12-13-14-15-16-17-21-20(3)19-22-18-5-2/h20-21H,4-19H2,1-3H3/t20-/m1/s1. The molecule has 0 amide bonds. The van der Waals surface area contributed by atoms with Gasteiger partial charge in [-0.15, -0.1) is 0 Å². The van der Waals surface area contributed by atoms with Crippen LogP contribution in [0.5, 0.6) is 0 Å². The fourth-order valence-corrected chi connectivity index (χ4v) is 2.78. The fraction of sp³-hybridized carbons (Fsp3) is 1.00. The summed E-state index contributed by atoms with van der Waals surface area (Å²) in [4.78, 5) is 0. The van der Waals surface area contributed by atoms with Crippen molar-refractivity contribution in [3.8, 4) is 0 Å². The molecule has 0 saturated heterocycles. The summed E-state index contributed by atoms with van der Waals surface area (Å²) in [6.07, 6.45) is 18.2. The maximum atomic E-state index is 5.55. The Morgan fingerprint density at radius 2 is 1.18 bits per heavy atom. The summed E-state index contributed by atoms with van der Waals surface area (Å²) >= 11 is 0. The second-order valence-electron chi connectivity index (χ2n) is 6.82. The van der Waals surface area contributed by atoms with E-state index in [1.54, 1.807) is 0 Å². The van der Waals surface area contributed by atoms with Crippen LogP contribution in [0.15, 0.2) is 0 Å². The van der Waals surface area contributed by atoms with Gasteiger partial charge in [-0.2, -0.15) is 0 Å². The van der Waals surface area contributed by atoms with Crippen LogP contribution < -0.4 is 5.32 Å². The quantitative estimate of drug-likeness (QED) is 0.309. The van der Waals surface area contributed by atoms with Crippen LogP contribution in [0.25, 0.3) is 0 Å². The van der Waals surface area contributed by atoms with Crippen molar-refractivity contribution in [2.75, 3.05) is 19.8 Å². The average molecular weight is 314 g/mol. The molecule has 1 atom stereocenters. The third kappa shape index (κ3) is 18.0. The van der Waals surface area contributed by atoms with E-state index in [0.717, 1.165) is 26.2 Å². The van der Waals surface area contributed by atoms with Crippen LogP contribution >= 0.6 is 0 Å². The normalized spacial score (nSPS) is 12.7. The van der Waals surface area contributed by atoms with E-state index in [-0.39, 0.29) is 0 Å². The molecule has 0 radical (unpaired) electrons. The van der Waals surface area contributed by atoms with Crippen LogP contribution in [0.2, 0.25) is 0 Å². The first-order valence-electron chi connectivity index (χ1n) is 10.1. The molecule has 0 spiro atoms. The molecule has 0 aromatic rings. The Bertz CT molecular complexity index is 196. The highest BCUT2D eigenvalue weighted by Gasteiger charge is 2.00. The zero-order chi connectivity index (χ0) is 16.3. The van der Waals surface area contributed by atoms with E-state index in [2.05, 4.69) is 26.1 Å². The molecule has 0 heterocycles. The first-order valence-corrected chi connectivity index (χ1v) is 10.1. The fourth-order valence-electron chi connectivity index (χ4n) is 2.78. The lowest BCUT2D eigenvalue weighted by Gasteiger charge is -2.13. The second kappa shape index (κ2) is 19.0. The first-order chi connectivity index (χ1) is 10.8. The number of unbranched alkanes of at least 4 members (excludes halogenated alkanes) is 11. The van der Waals surface area contributed by atoms with Gasteiger partial charge in [-0.1, -0.05) is 84.5 Å². The highest BCUT2D eigenvalue weighted by atomic mass is 16.5. The van der Waals surface area contributed by atoms with Crippen LogP contribution in [0.1, 0.15) is 104 Å². The predicted molar refractivity (Wildman–Crippen MR) is 99.7 cm³/mol. The first kappa shape index (κ1) is 21.9. The SMILES string of the molecule is CCCCCCCCCCCCCCN[C@H](C)COCCC. The van der Waals surface area contributed by atoms with E-state index < -0.39 is 0 Å². The molecule has 2 nitrogen and oxygen atoms in total. The number of nitrogens with one attached hydrogen (secondary N) is 1. The number of hydrogen-bond acceptors (Lipinski definition) is 2. The smallest absolute Gasteiger partial charge is 0.0616 e. The van der Waals surface area contributed by atoms with Gasteiger partial charge < -0.3 is 10.1 Å². The Hall–Kier alpha value is -0.0800. The van der Waals surface area contributed by atoms with Crippen LogP contribution in [-0.4, -0.2) is 25.8 Å². The maximum Gasteiger partial charge on any atom is 0.0616 e. The minimum atomic E-state index is 0.499. The van der Waals surface area contributed by atoms with Crippen molar-refractivity contribution in [3.05, 3.63) is 0 Å². The number of ether oxygens (including phenoxy) is 1. The Balaban J connectivity index is 3.05. The van der Waals surface area contributed by atoms with Gasteiger partial charge in [-0.3, -0.25) is 0 Å². The van der Waals surface area contributed by atoms with Crippen molar-refractivity contribution in [3.63, 3.8) is 0 Å². The van der Waals surface area contributed by atoms with Gasteiger partial charge in [0.15, 0.2) is 0 Å². The molecule has 2 heteroatoms. The van der Waals surface area contributed by atoms with Gasteiger partial charge in [0.2, 0.25) is 0 Å². The summed E-state index contributed by atoms with van der Waals surface area (Å²) in [7, 11) is 0. The molecular formula is C20H43NO. The minimum absolute atomic E-state index is 0.499. The van der Waals surface area contributed by atoms with Gasteiger partial charge in [0.25, 0.3) is 0 Å². The molecule has 0 rings (SSSR count). The van der Waals surface area contributed by atoms with Gasteiger partial charge in [0.1, 0.15) is 0 Å². The summed E-state index contributed by atoms with van der Waals surface area (Å²) < 4.78 is 5.55. The summed E-state index contributed by atoms with van der Waals surface area (Å²) in [5, 5.41) is 3.55. The molecule has 0 aliphatic heterocycles. The molecule has 22 heavy (non-hydrogen) atoms. The van der Waals surface area contributed by atoms with Gasteiger partial charge in [-0.05, 0) is 26.3 Å². The molecule has 0 aliphatic rings. The van der Waals surface area contributed by atoms with E-state index in [4.69, 9.17) is 4.74 Å². The summed E-state index contributed by atoms with van der Waals surface area (Å²) in [5.41, 5.74) is 0. The third-order valence-electron chi connectivity index (χ3n) is 4.24. The van der Waals surface area contributed by atoms with Gasteiger partial charge in [0.05, 0.1) is 6.61 Å². The van der Waals surface area contributed by atoms with E-state index in [9.17, 15) is 0 Å². The van der Waals surface area contributed by atoms with E-state index in [1.165, 1.54) is 77.0 Å². The third-order valence-corrected chi connectivity index (χ3v) is 4.24. The van der Waals surface area contributed by atoms with Crippen LogP contribution in [0.4, 0.5) is 0 Å². The van der Waals surface area contributed by atoms with Crippen LogP contribution in [0.3, 0.4) is 0 Å². The summed E-state index contributed by atoms with van der Waals surface area (Å²) in [6, 6.07) is 0.499. The Labute approximate surface area is 140 Å². The number of rotatable bonds is 18. The lowest BCUT2D eigenvalue weighted by atomic mass is 10.1. The zero-order valence-corrected chi connectivity index (χ0v) is 15.8. The van der Waals surface area contributed by atoms with Crippen molar-refractivity contribution in [2.45, 2.75) is 110 Å². The lowest BCUT2D eigenvalue weighted by molar-refractivity contribution is 0.116. The molecule has 1 N–H and O–H groups in total. The minimum Gasteiger partial charge on any atom is -0.380 e. The number of hydrogen-bond donors (Lipinski definition) is 1. The molecule has 134 valence electrons. The molecule has 0 saturated carbocycles. The molecule has 0 unspecified atom stereocenters. The van der Waals surface area contributed by atoms with E-state index in [1.807, 2.05) is 0 Å². The highest BCUT2D eigenvalue weighted by molar-refractivity contribution is 4.59. The lowest BCUT2D eigenvalue weighted by Crippen LogP contribution is -2.31. The van der Waals surface area contributed by atoms with Crippen LogP contribution in [0, 0.1) is 0 Å². The van der Waals surface area contributed by atoms with Crippen molar-refractivity contribution in [1.82, 2.24) is 5.32 Å². The molecule has 0 aliphatic carbocycles. The Morgan fingerprint density at radius 3 is 1.68 bits per heavy atom. The molecular weight excluding hydrogens is 270 g/mol. The predicted octanol–water partition coefficient (Wildman–Crippen LogP) is 6.09. The topological polar surface area (TPSA) is 21.3 Å². The largest absolute Gasteiger partial charge is 0.380 e. The summed E-state index contributed by atoms with van der Waals surface area (Å²) in [6.45, 7) is 9.56. The van der Waals surface area contributed by atoms with Crippen molar-refractivity contribution in [2.24, 2.45) is 0 Å². The monoisotopic (exact) mass is 313 g/mol. The van der Waals surface area contributed by atoms with Gasteiger partial charge >= 0.3 is 0 Å². The second-order valence-corrected chi connectivity index (χ2v) is 6.82. The Morgan fingerprint density at radius 1 is 0.682 bits per heavy atom. The van der Waals surface area contributed by atoms with Gasteiger partial charge in [-0.25, -0.2) is 0 Å². The van der Waals surface area contributed by atoms with Crippen LogP contribution in [-0.2, 0) is 4.74 Å². The summed E-state index contributed by atoms with van der Waals surface area (Å²) in [5.74, 6) is 0. The van der Waals surface area contributed by atoms with E-state index >= 15 is 0 Å². The molecule has 0 fully saturated rings. The van der Waals surface area contributed by atoms with Gasteiger partial charge in [0, 0.05) is 12.6 Å². The Kier molecular flexibility index (Phi) is 18.9.